The summed E-state index contributed by atoms with van der Waals surface area (Å²) in [6, 6.07) is 14.1. The van der Waals surface area contributed by atoms with E-state index in [0.717, 1.165) is 22.0 Å². The minimum atomic E-state index is 0.0127. The molecule has 0 fully saturated rings. The number of thiophene rings is 1. The molecule has 1 aromatic carbocycles. The molecule has 0 aliphatic carbocycles. The highest BCUT2D eigenvalue weighted by molar-refractivity contribution is 7.99. The third kappa shape index (κ3) is 4.66. The first-order valence-corrected chi connectivity index (χ1v) is 9.58. The van der Waals surface area contributed by atoms with Crippen LogP contribution in [0.25, 0.3) is 10.6 Å². The van der Waals surface area contributed by atoms with E-state index in [2.05, 4.69) is 27.4 Å². The number of carbonyl (C=O) groups is 1. The summed E-state index contributed by atoms with van der Waals surface area (Å²) in [7, 11) is 0. The molecule has 3 rings (SSSR count). The van der Waals surface area contributed by atoms with Crippen LogP contribution in [0.4, 0.5) is 0 Å². The number of amides is 1. The van der Waals surface area contributed by atoms with E-state index in [1.807, 2.05) is 35.7 Å². The van der Waals surface area contributed by atoms with Gasteiger partial charge in [0.15, 0.2) is 0 Å². The van der Waals surface area contributed by atoms with Crippen LogP contribution in [0.1, 0.15) is 11.3 Å². The molecule has 2 heterocycles. The Morgan fingerprint density at radius 2 is 1.92 bits per heavy atom. The minimum Gasteiger partial charge on any atom is -0.350 e. The van der Waals surface area contributed by atoms with E-state index in [1.54, 1.807) is 35.5 Å². The Morgan fingerprint density at radius 3 is 2.71 bits per heavy atom. The van der Waals surface area contributed by atoms with Crippen molar-refractivity contribution >= 4 is 29.0 Å². The molecule has 0 unspecified atom stereocenters. The standard InChI is InChI=1S/C18H17N3OS2/c22-17(13-23-12-14-5-2-1-3-6-14)21-11-15-18(20-9-8-19-15)16-7-4-10-24-16/h1-10H,11-13H2,(H,21,22). The average Bonchev–Trinajstić information content (AvgIpc) is 3.16. The fraction of sp³-hybridized carbons (Fsp3) is 0.167. The van der Waals surface area contributed by atoms with Crippen molar-refractivity contribution < 1.29 is 4.79 Å². The van der Waals surface area contributed by atoms with E-state index in [9.17, 15) is 4.79 Å². The molecule has 0 spiro atoms. The first-order valence-electron chi connectivity index (χ1n) is 7.55. The van der Waals surface area contributed by atoms with Crippen LogP contribution in [0, 0.1) is 0 Å². The zero-order valence-corrected chi connectivity index (χ0v) is 14.6. The Kier molecular flexibility index (Phi) is 5.98. The zero-order valence-electron chi connectivity index (χ0n) is 13.0. The monoisotopic (exact) mass is 355 g/mol. The zero-order chi connectivity index (χ0) is 16.6. The molecule has 24 heavy (non-hydrogen) atoms. The molecule has 0 bridgehead atoms. The molecule has 0 saturated heterocycles. The van der Waals surface area contributed by atoms with Crippen LogP contribution in [0.3, 0.4) is 0 Å². The molecule has 0 aliphatic rings. The summed E-state index contributed by atoms with van der Waals surface area (Å²) in [5, 5.41) is 4.94. The van der Waals surface area contributed by atoms with Gasteiger partial charge in [0.1, 0.15) is 5.69 Å². The van der Waals surface area contributed by atoms with Gasteiger partial charge in [-0.05, 0) is 17.0 Å². The Bertz CT molecular complexity index is 776. The molecule has 6 heteroatoms. The molecule has 1 amide bonds. The number of rotatable bonds is 7. The lowest BCUT2D eigenvalue weighted by Gasteiger charge is -2.08. The third-order valence-electron chi connectivity index (χ3n) is 3.33. The van der Waals surface area contributed by atoms with Crippen LogP contribution in [-0.4, -0.2) is 21.6 Å². The minimum absolute atomic E-state index is 0.0127. The van der Waals surface area contributed by atoms with E-state index >= 15 is 0 Å². The molecule has 122 valence electrons. The van der Waals surface area contributed by atoms with Crippen molar-refractivity contribution in [3.63, 3.8) is 0 Å². The van der Waals surface area contributed by atoms with Crippen molar-refractivity contribution in [1.82, 2.24) is 15.3 Å². The second kappa shape index (κ2) is 8.61. The van der Waals surface area contributed by atoms with Crippen LogP contribution in [0.5, 0.6) is 0 Å². The van der Waals surface area contributed by atoms with E-state index in [1.165, 1.54) is 5.56 Å². The maximum atomic E-state index is 12.0. The molecule has 2 aromatic heterocycles. The lowest BCUT2D eigenvalue weighted by atomic mass is 10.2. The predicted octanol–water partition coefficient (Wildman–Crippen LogP) is 3.75. The van der Waals surface area contributed by atoms with Gasteiger partial charge in [-0.3, -0.25) is 14.8 Å². The Hall–Kier alpha value is -2.18. The number of hydrogen-bond acceptors (Lipinski definition) is 5. The average molecular weight is 355 g/mol. The van der Waals surface area contributed by atoms with Crippen LogP contribution < -0.4 is 5.32 Å². The van der Waals surface area contributed by atoms with Gasteiger partial charge in [0.05, 0.1) is 22.9 Å². The predicted molar refractivity (Wildman–Crippen MR) is 99.8 cm³/mol. The summed E-state index contributed by atoms with van der Waals surface area (Å²) in [5.74, 6) is 1.28. The summed E-state index contributed by atoms with van der Waals surface area (Å²) < 4.78 is 0. The molecular weight excluding hydrogens is 338 g/mol. The van der Waals surface area contributed by atoms with Crippen molar-refractivity contribution in [1.29, 1.82) is 0 Å². The van der Waals surface area contributed by atoms with Crippen molar-refractivity contribution in [2.24, 2.45) is 0 Å². The highest BCUT2D eigenvalue weighted by atomic mass is 32.2. The maximum Gasteiger partial charge on any atom is 0.230 e. The van der Waals surface area contributed by atoms with E-state index < -0.39 is 0 Å². The molecule has 0 saturated carbocycles. The van der Waals surface area contributed by atoms with Gasteiger partial charge in [-0.25, -0.2) is 0 Å². The van der Waals surface area contributed by atoms with Gasteiger partial charge in [-0.15, -0.1) is 23.1 Å². The number of hydrogen-bond donors (Lipinski definition) is 1. The van der Waals surface area contributed by atoms with Gasteiger partial charge in [-0.2, -0.15) is 0 Å². The normalized spacial score (nSPS) is 10.5. The van der Waals surface area contributed by atoms with Crippen LogP contribution in [0.15, 0.2) is 60.2 Å². The highest BCUT2D eigenvalue weighted by Gasteiger charge is 2.10. The first kappa shape index (κ1) is 16.7. The molecule has 3 aromatic rings. The van der Waals surface area contributed by atoms with Gasteiger partial charge in [0.25, 0.3) is 0 Å². The van der Waals surface area contributed by atoms with Gasteiger partial charge < -0.3 is 5.32 Å². The Labute approximate surface area is 149 Å². The fourth-order valence-corrected chi connectivity index (χ4v) is 3.75. The van der Waals surface area contributed by atoms with E-state index in [-0.39, 0.29) is 5.91 Å². The lowest BCUT2D eigenvalue weighted by molar-refractivity contribution is -0.118. The van der Waals surface area contributed by atoms with E-state index in [0.29, 0.717) is 12.3 Å². The van der Waals surface area contributed by atoms with Gasteiger partial charge in [0, 0.05) is 18.1 Å². The quantitative estimate of drug-likeness (QED) is 0.701. The summed E-state index contributed by atoms with van der Waals surface area (Å²) in [6.07, 6.45) is 3.33. The number of aromatic nitrogens is 2. The van der Waals surface area contributed by atoms with Crippen LogP contribution in [-0.2, 0) is 17.1 Å². The van der Waals surface area contributed by atoms with Crippen LogP contribution >= 0.6 is 23.1 Å². The maximum absolute atomic E-state index is 12.0. The van der Waals surface area contributed by atoms with Crippen molar-refractivity contribution in [2.75, 3.05) is 5.75 Å². The summed E-state index contributed by atoms with van der Waals surface area (Å²) in [5.41, 5.74) is 2.86. The fourth-order valence-electron chi connectivity index (χ4n) is 2.18. The number of carbonyl (C=O) groups excluding carboxylic acids is 1. The molecule has 4 nitrogen and oxygen atoms in total. The molecule has 0 atom stereocenters. The van der Waals surface area contributed by atoms with Gasteiger partial charge in [-0.1, -0.05) is 36.4 Å². The number of benzene rings is 1. The summed E-state index contributed by atoms with van der Waals surface area (Å²) in [4.78, 5) is 21.8. The molecule has 0 aliphatic heterocycles. The van der Waals surface area contributed by atoms with Gasteiger partial charge >= 0.3 is 0 Å². The SMILES string of the molecule is O=C(CSCc1ccccc1)NCc1nccnc1-c1cccs1. The van der Waals surface area contributed by atoms with E-state index in [4.69, 9.17) is 0 Å². The second-order valence-electron chi connectivity index (χ2n) is 5.08. The first-order chi connectivity index (χ1) is 11.8. The van der Waals surface area contributed by atoms with Gasteiger partial charge in [0.2, 0.25) is 5.91 Å². The summed E-state index contributed by atoms with van der Waals surface area (Å²) in [6.45, 7) is 0.395. The molecule has 1 N–H and O–H groups in total. The molecule has 0 radical (unpaired) electrons. The largest absolute Gasteiger partial charge is 0.350 e. The van der Waals surface area contributed by atoms with Crippen molar-refractivity contribution in [3.8, 4) is 10.6 Å². The summed E-state index contributed by atoms with van der Waals surface area (Å²) >= 11 is 3.22. The number of nitrogens with zero attached hydrogens (tertiary/aromatic N) is 2. The number of thioether (sulfide) groups is 1. The Balaban J connectivity index is 1.50. The number of nitrogens with one attached hydrogen (secondary N) is 1. The topological polar surface area (TPSA) is 54.9 Å². The smallest absolute Gasteiger partial charge is 0.230 e. The second-order valence-corrected chi connectivity index (χ2v) is 7.02. The van der Waals surface area contributed by atoms with Crippen molar-refractivity contribution in [2.45, 2.75) is 12.3 Å². The van der Waals surface area contributed by atoms with Crippen LogP contribution in [0.2, 0.25) is 0 Å². The highest BCUT2D eigenvalue weighted by Crippen LogP contribution is 2.24. The third-order valence-corrected chi connectivity index (χ3v) is 5.21. The lowest BCUT2D eigenvalue weighted by Crippen LogP contribution is -2.25. The van der Waals surface area contributed by atoms with Crippen molar-refractivity contribution in [3.05, 3.63) is 71.5 Å². The Morgan fingerprint density at radius 1 is 1.08 bits per heavy atom. The molecular formula is C18H17N3OS2.